The molecule has 0 spiro atoms. The largest absolute Gasteiger partial charge is 0.332 e. The monoisotopic (exact) mass is 331 g/mol. The summed E-state index contributed by atoms with van der Waals surface area (Å²) in [5.74, 6) is 0. The first-order valence-electron chi connectivity index (χ1n) is 6.35. The van der Waals surface area contributed by atoms with Gasteiger partial charge in [0, 0.05) is 28.8 Å². The number of halogens is 1. The molecular weight excluding hydrogens is 322 g/mol. The summed E-state index contributed by atoms with van der Waals surface area (Å²) in [5, 5.41) is 17.0. The molecule has 0 saturated carbocycles. The number of nitrogens with zero attached hydrogens (tertiary/aromatic N) is 2. The standard InChI is InChI=1S/C15H10ClN3O2S/c16-13-7-6-11(19(20)21)8-12(13)14-9-22-15(18-14)17-10-4-2-1-3-5-10/h1-9H,(H,17,18). The number of hydrogen-bond donors (Lipinski definition) is 1. The van der Waals surface area contributed by atoms with Gasteiger partial charge in [0.25, 0.3) is 5.69 Å². The molecule has 0 radical (unpaired) electrons. The van der Waals surface area contributed by atoms with Crippen LogP contribution in [0, 0.1) is 10.1 Å². The van der Waals surface area contributed by atoms with Crippen LogP contribution in [0.4, 0.5) is 16.5 Å². The number of hydrogen-bond acceptors (Lipinski definition) is 5. The molecule has 0 atom stereocenters. The molecule has 22 heavy (non-hydrogen) atoms. The minimum atomic E-state index is -0.449. The van der Waals surface area contributed by atoms with Gasteiger partial charge in [-0.05, 0) is 18.2 Å². The highest BCUT2D eigenvalue weighted by Crippen LogP contribution is 2.33. The van der Waals surface area contributed by atoms with E-state index in [0.717, 1.165) is 5.69 Å². The first-order valence-corrected chi connectivity index (χ1v) is 7.61. The molecule has 0 saturated heterocycles. The van der Waals surface area contributed by atoms with Gasteiger partial charge in [-0.1, -0.05) is 29.8 Å². The number of non-ortho nitro benzene ring substituents is 1. The summed E-state index contributed by atoms with van der Waals surface area (Å²) in [5.41, 5.74) is 2.07. The molecule has 1 N–H and O–H groups in total. The van der Waals surface area contributed by atoms with Crippen LogP contribution in [0.25, 0.3) is 11.3 Å². The van der Waals surface area contributed by atoms with Gasteiger partial charge in [-0.15, -0.1) is 11.3 Å². The van der Waals surface area contributed by atoms with Crippen LogP contribution in [0.2, 0.25) is 5.02 Å². The van der Waals surface area contributed by atoms with E-state index in [1.165, 1.54) is 29.5 Å². The Morgan fingerprint density at radius 1 is 1.18 bits per heavy atom. The number of nitrogens with one attached hydrogen (secondary N) is 1. The Morgan fingerprint density at radius 3 is 2.68 bits per heavy atom. The Balaban J connectivity index is 1.91. The number of anilines is 2. The number of para-hydroxylation sites is 1. The second-order valence-corrected chi connectivity index (χ2v) is 5.72. The Bertz CT molecular complexity index is 821. The predicted molar refractivity (Wildman–Crippen MR) is 88.9 cm³/mol. The van der Waals surface area contributed by atoms with Crippen molar-refractivity contribution in [2.45, 2.75) is 0 Å². The summed E-state index contributed by atoms with van der Waals surface area (Å²) in [6.45, 7) is 0. The maximum Gasteiger partial charge on any atom is 0.270 e. The zero-order valence-corrected chi connectivity index (χ0v) is 12.8. The Morgan fingerprint density at radius 2 is 1.95 bits per heavy atom. The van der Waals surface area contributed by atoms with Gasteiger partial charge >= 0.3 is 0 Å². The van der Waals surface area contributed by atoms with E-state index < -0.39 is 4.92 Å². The number of nitro benzene ring substituents is 1. The predicted octanol–water partition coefficient (Wildman–Crippen LogP) is 5.12. The van der Waals surface area contributed by atoms with Crippen molar-refractivity contribution in [3.05, 3.63) is 69.0 Å². The van der Waals surface area contributed by atoms with Crippen LogP contribution in [-0.4, -0.2) is 9.91 Å². The van der Waals surface area contributed by atoms with Crippen molar-refractivity contribution in [1.29, 1.82) is 0 Å². The maximum atomic E-state index is 10.9. The van der Waals surface area contributed by atoms with Crippen LogP contribution < -0.4 is 5.32 Å². The molecule has 0 fully saturated rings. The number of rotatable bonds is 4. The molecule has 0 aliphatic carbocycles. The van der Waals surface area contributed by atoms with Gasteiger partial charge in [-0.3, -0.25) is 10.1 Å². The van der Waals surface area contributed by atoms with Crippen LogP contribution >= 0.6 is 22.9 Å². The van der Waals surface area contributed by atoms with E-state index in [4.69, 9.17) is 11.6 Å². The van der Waals surface area contributed by atoms with Crippen molar-refractivity contribution in [2.24, 2.45) is 0 Å². The molecule has 0 aliphatic rings. The Labute approximate surface area is 135 Å². The minimum Gasteiger partial charge on any atom is -0.332 e. The molecular formula is C15H10ClN3O2S. The lowest BCUT2D eigenvalue weighted by atomic mass is 10.1. The van der Waals surface area contributed by atoms with E-state index in [9.17, 15) is 10.1 Å². The smallest absolute Gasteiger partial charge is 0.270 e. The van der Waals surface area contributed by atoms with E-state index in [1.54, 1.807) is 0 Å². The number of benzene rings is 2. The SMILES string of the molecule is O=[N+]([O-])c1ccc(Cl)c(-c2csc(Nc3ccccc3)n2)c1. The highest BCUT2D eigenvalue weighted by Gasteiger charge is 2.14. The average Bonchev–Trinajstić information content (AvgIpc) is 2.97. The molecule has 1 aromatic heterocycles. The number of nitro groups is 1. The lowest BCUT2D eigenvalue weighted by Crippen LogP contribution is -1.91. The highest BCUT2D eigenvalue weighted by molar-refractivity contribution is 7.14. The molecule has 0 unspecified atom stereocenters. The third-order valence-electron chi connectivity index (χ3n) is 2.97. The summed E-state index contributed by atoms with van der Waals surface area (Å²) < 4.78 is 0. The van der Waals surface area contributed by atoms with Crippen LogP contribution in [0.3, 0.4) is 0 Å². The van der Waals surface area contributed by atoms with Crippen molar-refractivity contribution in [1.82, 2.24) is 4.98 Å². The van der Waals surface area contributed by atoms with Gasteiger partial charge in [-0.25, -0.2) is 4.98 Å². The molecule has 0 aliphatic heterocycles. The van der Waals surface area contributed by atoms with Crippen LogP contribution in [0.5, 0.6) is 0 Å². The maximum absolute atomic E-state index is 10.9. The van der Waals surface area contributed by atoms with E-state index in [1.807, 2.05) is 35.7 Å². The highest BCUT2D eigenvalue weighted by atomic mass is 35.5. The summed E-state index contributed by atoms with van der Waals surface area (Å²) in [6, 6.07) is 14.0. The fraction of sp³-hybridized carbons (Fsp3) is 0. The molecule has 0 amide bonds. The van der Waals surface area contributed by atoms with Gasteiger partial charge in [0.1, 0.15) is 0 Å². The zero-order chi connectivity index (χ0) is 15.5. The molecule has 5 nitrogen and oxygen atoms in total. The van der Waals surface area contributed by atoms with E-state index >= 15 is 0 Å². The molecule has 0 bridgehead atoms. The van der Waals surface area contributed by atoms with Gasteiger partial charge in [0.15, 0.2) is 5.13 Å². The van der Waals surface area contributed by atoms with Gasteiger partial charge in [0.2, 0.25) is 0 Å². The van der Waals surface area contributed by atoms with Gasteiger partial charge in [-0.2, -0.15) is 0 Å². The van der Waals surface area contributed by atoms with Crippen LogP contribution in [0.1, 0.15) is 0 Å². The van der Waals surface area contributed by atoms with Gasteiger partial charge in [0.05, 0.1) is 15.6 Å². The fourth-order valence-corrected chi connectivity index (χ4v) is 2.87. The first-order chi connectivity index (χ1) is 10.6. The van der Waals surface area contributed by atoms with Crippen LogP contribution in [-0.2, 0) is 0 Å². The number of aromatic nitrogens is 1. The van der Waals surface area contributed by atoms with E-state index in [0.29, 0.717) is 21.4 Å². The lowest BCUT2D eigenvalue weighted by molar-refractivity contribution is -0.384. The van der Waals surface area contributed by atoms with Gasteiger partial charge < -0.3 is 5.32 Å². The van der Waals surface area contributed by atoms with Crippen molar-refractivity contribution in [3.8, 4) is 11.3 Å². The molecule has 2 aromatic carbocycles. The second kappa shape index (κ2) is 6.13. The van der Waals surface area contributed by atoms with E-state index in [2.05, 4.69) is 10.3 Å². The third-order valence-corrected chi connectivity index (χ3v) is 4.05. The normalized spacial score (nSPS) is 10.4. The zero-order valence-electron chi connectivity index (χ0n) is 11.2. The average molecular weight is 332 g/mol. The first kappa shape index (κ1) is 14.5. The molecule has 3 aromatic rings. The van der Waals surface area contributed by atoms with Crippen molar-refractivity contribution in [2.75, 3.05) is 5.32 Å². The fourth-order valence-electron chi connectivity index (χ4n) is 1.92. The summed E-state index contributed by atoms with van der Waals surface area (Å²) in [7, 11) is 0. The quantitative estimate of drug-likeness (QED) is 0.532. The molecule has 1 heterocycles. The van der Waals surface area contributed by atoms with E-state index in [-0.39, 0.29) is 5.69 Å². The molecule has 7 heteroatoms. The molecule has 3 rings (SSSR count). The summed E-state index contributed by atoms with van der Waals surface area (Å²) in [4.78, 5) is 14.9. The van der Waals surface area contributed by atoms with Crippen molar-refractivity contribution < 1.29 is 4.92 Å². The second-order valence-electron chi connectivity index (χ2n) is 4.45. The summed E-state index contributed by atoms with van der Waals surface area (Å²) >= 11 is 7.54. The molecule has 110 valence electrons. The third kappa shape index (κ3) is 3.08. The van der Waals surface area contributed by atoms with Crippen LogP contribution in [0.15, 0.2) is 53.9 Å². The van der Waals surface area contributed by atoms with Crippen molar-refractivity contribution >= 4 is 39.4 Å². The Kier molecular flexibility index (Phi) is 4.04. The topological polar surface area (TPSA) is 68.1 Å². The summed E-state index contributed by atoms with van der Waals surface area (Å²) in [6.07, 6.45) is 0. The number of thiazole rings is 1. The Hall–Kier alpha value is -2.44. The minimum absolute atomic E-state index is 0.00929. The lowest BCUT2D eigenvalue weighted by Gasteiger charge is -2.02. The van der Waals surface area contributed by atoms with Crippen molar-refractivity contribution in [3.63, 3.8) is 0 Å².